The average Bonchev–Trinajstić information content (AvgIpc) is 3.34. The first-order valence-corrected chi connectivity index (χ1v) is 11.7. The summed E-state index contributed by atoms with van der Waals surface area (Å²) in [5.74, 6) is -1.40. The van der Waals surface area contributed by atoms with Crippen molar-refractivity contribution in [3.05, 3.63) is 82.8 Å². The van der Waals surface area contributed by atoms with Crippen LogP contribution in [0.5, 0.6) is 0 Å². The summed E-state index contributed by atoms with van der Waals surface area (Å²) in [4.78, 5) is 33.5. The van der Waals surface area contributed by atoms with Gasteiger partial charge in [0, 0.05) is 34.1 Å². The molecular weight excluding hydrogens is 516 g/mol. The normalized spacial score (nSPS) is 11.6. The van der Waals surface area contributed by atoms with Crippen LogP contribution in [-0.4, -0.2) is 31.7 Å². The molecule has 198 valence electrons. The van der Waals surface area contributed by atoms with Gasteiger partial charge in [-0.25, -0.2) is 9.37 Å². The van der Waals surface area contributed by atoms with Crippen LogP contribution in [0.1, 0.15) is 45.7 Å². The Bertz CT molecular complexity index is 1760. The van der Waals surface area contributed by atoms with Gasteiger partial charge >= 0.3 is 6.18 Å². The third kappa shape index (κ3) is 5.40. The molecule has 0 radical (unpaired) electrons. The molecule has 0 aliphatic heterocycles. The van der Waals surface area contributed by atoms with Crippen molar-refractivity contribution in [2.75, 3.05) is 10.6 Å². The van der Waals surface area contributed by atoms with Gasteiger partial charge in [-0.2, -0.15) is 23.3 Å². The fourth-order valence-corrected chi connectivity index (χ4v) is 4.19. The van der Waals surface area contributed by atoms with Gasteiger partial charge in [0.15, 0.2) is 11.6 Å². The molecule has 0 saturated carbocycles. The first-order chi connectivity index (χ1) is 18.5. The van der Waals surface area contributed by atoms with E-state index in [2.05, 4.69) is 30.8 Å². The number of Topliss-reactive ketones (excluding diaryl/α,β-unsaturated/α-hetero) is 2. The van der Waals surface area contributed by atoms with Gasteiger partial charge in [0.2, 0.25) is 5.95 Å². The molecule has 2 aromatic heterocycles. The number of halogens is 4. The second kappa shape index (κ2) is 9.78. The summed E-state index contributed by atoms with van der Waals surface area (Å²) in [6.07, 6.45) is -3.06. The van der Waals surface area contributed by atoms with Crippen LogP contribution < -0.4 is 10.6 Å². The number of fused-ring (bicyclic) bond motifs is 2. The van der Waals surface area contributed by atoms with Crippen LogP contribution in [0.3, 0.4) is 0 Å². The number of nitrogens with zero attached hydrogens (tertiary/aromatic N) is 3. The van der Waals surface area contributed by atoms with Crippen molar-refractivity contribution >= 4 is 50.8 Å². The summed E-state index contributed by atoms with van der Waals surface area (Å²) in [5, 5.41) is 14.1. The molecule has 5 aromatic rings. The maximum atomic E-state index is 13.9. The Kier molecular flexibility index (Phi) is 6.46. The molecule has 0 bridgehead atoms. The smallest absolute Gasteiger partial charge is 0.350 e. The number of H-pyrrole nitrogens is 1. The van der Waals surface area contributed by atoms with Gasteiger partial charge in [-0.15, -0.1) is 0 Å². The zero-order chi connectivity index (χ0) is 27.9. The number of nitrogens with one attached hydrogen (secondary N) is 3. The van der Waals surface area contributed by atoms with E-state index in [1.54, 1.807) is 12.3 Å². The molecular formula is C27H20F4N6O2. The Morgan fingerprint density at radius 3 is 2.41 bits per heavy atom. The lowest BCUT2D eigenvalue weighted by molar-refractivity contribution is -0.137. The van der Waals surface area contributed by atoms with Crippen molar-refractivity contribution < 1.29 is 27.2 Å². The molecule has 3 N–H and O–H groups in total. The lowest BCUT2D eigenvalue weighted by atomic mass is 9.98. The zero-order valence-electron chi connectivity index (χ0n) is 20.6. The predicted molar refractivity (Wildman–Crippen MR) is 138 cm³/mol. The number of benzene rings is 3. The van der Waals surface area contributed by atoms with E-state index in [1.165, 1.54) is 26.0 Å². The second-order valence-electron chi connectivity index (χ2n) is 8.92. The molecule has 0 atom stereocenters. The highest BCUT2D eigenvalue weighted by Gasteiger charge is 2.31. The minimum atomic E-state index is -4.71. The molecule has 0 aliphatic carbocycles. The number of anilines is 3. The molecule has 0 spiro atoms. The summed E-state index contributed by atoms with van der Waals surface area (Å²) >= 11 is 0. The van der Waals surface area contributed by atoms with Crippen LogP contribution in [0.4, 0.5) is 35.0 Å². The van der Waals surface area contributed by atoms with Crippen LogP contribution in [0.25, 0.3) is 21.8 Å². The number of carbonyl (C=O) groups is 2. The van der Waals surface area contributed by atoms with Crippen LogP contribution in [0, 0.1) is 5.82 Å². The van der Waals surface area contributed by atoms with Crippen molar-refractivity contribution in [2.45, 2.75) is 26.6 Å². The summed E-state index contributed by atoms with van der Waals surface area (Å²) in [5.41, 5.74) is 1.05. The van der Waals surface area contributed by atoms with Gasteiger partial charge < -0.3 is 10.6 Å². The first kappa shape index (κ1) is 25.8. The highest BCUT2D eigenvalue weighted by molar-refractivity contribution is 6.11. The molecule has 0 amide bonds. The number of aromatic nitrogens is 4. The molecule has 12 heteroatoms. The van der Waals surface area contributed by atoms with Crippen LogP contribution in [0.2, 0.25) is 0 Å². The van der Waals surface area contributed by atoms with Gasteiger partial charge in [0.1, 0.15) is 11.6 Å². The van der Waals surface area contributed by atoms with E-state index in [-0.39, 0.29) is 46.6 Å². The lowest BCUT2D eigenvalue weighted by Gasteiger charge is -2.15. The Balaban J connectivity index is 1.58. The maximum absolute atomic E-state index is 13.9. The molecule has 0 saturated heterocycles. The van der Waals surface area contributed by atoms with Crippen molar-refractivity contribution in [1.29, 1.82) is 0 Å². The Labute approximate surface area is 218 Å². The Hall–Kier alpha value is -4.87. The zero-order valence-corrected chi connectivity index (χ0v) is 20.6. The van der Waals surface area contributed by atoms with Crippen LogP contribution in [0.15, 0.2) is 54.7 Å². The van der Waals surface area contributed by atoms with E-state index >= 15 is 0 Å². The molecule has 2 heterocycles. The number of ketones is 2. The van der Waals surface area contributed by atoms with Crippen molar-refractivity contribution in [1.82, 2.24) is 20.2 Å². The van der Waals surface area contributed by atoms with Crippen molar-refractivity contribution in [3.8, 4) is 0 Å². The molecule has 39 heavy (non-hydrogen) atoms. The van der Waals surface area contributed by atoms with Gasteiger partial charge in [0.05, 0.1) is 22.8 Å². The summed E-state index contributed by atoms with van der Waals surface area (Å²) in [6, 6.07) is 10.6. The minimum Gasteiger partial charge on any atom is -0.350 e. The second-order valence-corrected chi connectivity index (χ2v) is 8.92. The van der Waals surface area contributed by atoms with E-state index in [0.717, 1.165) is 23.0 Å². The SMILES string of the molecule is CC(=O)c1cc2nc(NCc3cc(F)cc(C(F)(F)F)c3)nc(Nc3ccc4[nH]ncc4c3)c2cc1C(C)=O. The summed E-state index contributed by atoms with van der Waals surface area (Å²) in [7, 11) is 0. The largest absolute Gasteiger partial charge is 0.416 e. The van der Waals surface area contributed by atoms with Crippen LogP contribution >= 0.6 is 0 Å². The van der Waals surface area contributed by atoms with Crippen molar-refractivity contribution in [3.63, 3.8) is 0 Å². The van der Waals surface area contributed by atoms with Gasteiger partial charge in [-0.3, -0.25) is 14.7 Å². The van der Waals surface area contributed by atoms with E-state index in [1.807, 2.05) is 12.1 Å². The van der Waals surface area contributed by atoms with Gasteiger partial charge in [-0.1, -0.05) is 0 Å². The monoisotopic (exact) mass is 536 g/mol. The number of hydrogen-bond acceptors (Lipinski definition) is 7. The van der Waals surface area contributed by atoms with Crippen molar-refractivity contribution in [2.24, 2.45) is 0 Å². The number of hydrogen-bond donors (Lipinski definition) is 3. The summed E-state index contributed by atoms with van der Waals surface area (Å²) in [6.45, 7) is 2.46. The predicted octanol–water partition coefficient (Wildman–Crippen LogP) is 6.42. The Morgan fingerprint density at radius 2 is 1.69 bits per heavy atom. The van der Waals surface area contributed by atoms with E-state index in [4.69, 9.17) is 0 Å². The molecule has 0 aliphatic rings. The summed E-state index contributed by atoms with van der Waals surface area (Å²) < 4.78 is 53.3. The topological polar surface area (TPSA) is 113 Å². The fraction of sp³-hybridized carbons (Fsp3) is 0.148. The number of alkyl halides is 3. The lowest BCUT2D eigenvalue weighted by Crippen LogP contribution is -2.10. The number of aromatic amines is 1. The molecule has 0 unspecified atom stereocenters. The third-order valence-electron chi connectivity index (χ3n) is 6.03. The van der Waals surface area contributed by atoms with Gasteiger partial charge in [-0.05, 0) is 67.9 Å². The molecule has 3 aromatic carbocycles. The highest BCUT2D eigenvalue weighted by atomic mass is 19.4. The first-order valence-electron chi connectivity index (χ1n) is 11.7. The van der Waals surface area contributed by atoms with Gasteiger partial charge in [0.25, 0.3) is 0 Å². The minimum absolute atomic E-state index is 0.0114. The van der Waals surface area contributed by atoms with E-state index in [0.29, 0.717) is 22.7 Å². The fourth-order valence-electron chi connectivity index (χ4n) is 4.19. The molecule has 0 fully saturated rings. The maximum Gasteiger partial charge on any atom is 0.416 e. The standard InChI is InChI=1S/C27H20F4N6O2/c1-13(38)20-9-22-24(10-21(20)14(2)39)35-26(32-11-15-5-17(27(29,30)31)8-18(28)6-15)36-25(22)34-19-3-4-23-16(7-19)12-33-37-23/h3-10,12H,11H2,1-2H3,(H,33,37)(H2,32,34,35,36). The number of carbonyl (C=O) groups excluding carboxylic acids is 2. The molecule has 8 nitrogen and oxygen atoms in total. The molecule has 5 rings (SSSR count). The quantitative estimate of drug-likeness (QED) is 0.162. The van der Waals surface area contributed by atoms with E-state index in [9.17, 15) is 27.2 Å². The average molecular weight is 536 g/mol. The van der Waals surface area contributed by atoms with Crippen LogP contribution in [-0.2, 0) is 12.7 Å². The Morgan fingerprint density at radius 1 is 0.949 bits per heavy atom. The number of rotatable bonds is 7. The highest BCUT2D eigenvalue weighted by Crippen LogP contribution is 2.32. The third-order valence-corrected chi connectivity index (χ3v) is 6.03. The van der Waals surface area contributed by atoms with E-state index < -0.39 is 17.6 Å².